The van der Waals surface area contributed by atoms with Gasteiger partial charge in [0, 0.05) is 16.0 Å². The first kappa shape index (κ1) is 18.8. The van der Waals surface area contributed by atoms with Gasteiger partial charge in [-0.25, -0.2) is 12.8 Å². The summed E-state index contributed by atoms with van der Waals surface area (Å²) in [4.78, 5) is 6.73. The number of fused-ring (bicyclic) bond motifs is 1. The minimum absolute atomic E-state index is 0.0407. The molecule has 2 aromatic carbocycles. The lowest BCUT2D eigenvalue weighted by Crippen LogP contribution is -2.28. The predicted molar refractivity (Wildman–Crippen MR) is 110 cm³/mol. The molecule has 0 aliphatic carbocycles. The highest BCUT2D eigenvalue weighted by Gasteiger charge is 2.44. The van der Waals surface area contributed by atoms with Crippen molar-refractivity contribution in [3.63, 3.8) is 0 Å². The Morgan fingerprint density at radius 2 is 2.07 bits per heavy atom. The van der Waals surface area contributed by atoms with Gasteiger partial charge in [0.2, 0.25) is 0 Å². The van der Waals surface area contributed by atoms with Crippen LogP contribution in [0.15, 0.2) is 47.5 Å². The second-order valence-electron chi connectivity index (χ2n) is 6.87. The van der Waals surface area contributed by atoms with Gasteiger partial charge in [0.15, 0.2) is 15.0 Å². The summed E-state index contributed by atoms with van der Waals surface area (Å²) in [6, 6.07) is 12.2. The Labute approximate surface area is 167 Å². The van der Waals surface area contributed by atoms with E-state index in [0.29, 0.717) is 11.6 Å². The number of anilines is 1. The first-order chi connectivity index (χ1) is 12.8. The van der Waals surface area contributed by atoms with Crippen LogP contribution in [-0.2, 0) is 16.4 Å². The van der Waals surface area contributed by atoms with E-state index in [1.165, 1.54) is 23.9 Å². The second-order valence-corrected chi connectivity index (χ2v) is 10.6. The predicted octanol–water partition coefficient (Wildman–Crippen LogP) is 4.06. The average molecular weight is 425 g/mol. The number of hydrogen-bond donors (Lipinski definition) is 0. The summed E-state index contributed by atoms with van der Waals surface area (Å²) in [5.74, 6) is -0.111. The van der Waals surface area contributed by atoms with Crippen molar-refractivity contribution in [3.05, 3.63) is 64.4 Å². The fourth-order valence-electron chi connectivity index (χ4n) is 3.36. The molecule has 4 rings (SSSR count). The molecule has 0 saturated carbocycles. The molecule has 2 unspecified atom stereocenters. The van der Waals surface area contributed by atoms with E-state index in [4.69, 9.17) is 16.6 Å². The van der Waals surface area contributed by atoms with Crippen molar-refractivity contribution in [2.45, 2.75) is 24.8 Å². The van der Waals surface area contributed by atoms with Gasteiger partial charge in [-0.05, 0) is 42.3 Å². The number of hydrogen-bond acceptors (Lipinski definition) is 5. The van der Waals surface area contributed by atoms with Crippen molar-refractivity contribution in [2.24, 2.45) is 4.99 Å². The van der Waals surface area contributed by atoms with Crippen molar-refractivity contribution in [3.8, 4) is 0 Å². The molecule has 0 amide bonds. The Bertz CT molecular complexity index is 1030. The van der Waals surface area contributed by atoms with Gasteiger partial charge in [0.1, 0.15) is 5.82 Å². The lowest BCUT2D eigenvalue weighted by Gasteiger charge is -2.25. The fourth-order valence-corrected chi connectivity index (χ4v) is 7.36. The third kappa shape index (κ3) is 4.00. The van der Waals surface area contributed by atoms with Gasteiger partial charge < -0.3 is 4.90 Å². The van der Waals surface area contributed by atoms with Gasteiger partial charge in [-0.3, -0.25) is 4.99 Å². The van der Waals surface area contributed by atoms with E-state index < -0.39 is 9.84 Å². The SMILES string of the molecule is Cc1cccc(N(Cc2ccc(F)cc2Cl)C2=NC3CS(=O)(=O)CC3S2)c1. The second kappa shape index (κ2) is 7.11. The molecule has 0 aromatic heterocycles. The Morgan fingerprint density at radius 1 is 1.26 bits per heavy atom. The van der Waals surface area contributed by atoms with Crippen molar-refractivity contribution in [1.29, 1.82) is 0 Å². The molecule has 142 valence electrons. The molecule has 1 fully saturated rings. The van der Waals surface area contributed by atoms with Crippen LogP contribution in [0.1, 0.15) is 11.1 Å². The van der Waals surface area contributed by atoms with Crippen molar-refractivity contribution in [2.75, 3.05) is 16.4 Å². The number of thioether (sulfide) groups is 1. The molecular formula is C19H18ClFN2O2S2. The highest BCUT2D eigenvalue weighted by atomic mass is 35.5. The Hall–Kier alpha value is -1.57. The van der Waals surface area contributed by atoms with Gasteiger partial charge in [0.05, 0.1) is 24.1 Å². The topological polar surface area (TPSA) is 49.7 Å². The average Bonchev–Trinajstić information content (AvgIpc) is 3.07. The molecule has 0 N–H and O–H groups in total. The lowest BCUT2D eigenvalue weighted by molar-refractivity contribution is 0.601. The van der Waals surface area contributed by atoms with E-state index in [2.05, 4.69) is 0 Å². The summed E-state index contributed by atoms with van der Waals surface area (Å²) in [6.07, 6.45) is 0. The van der Waals surface area contributed by atoms with Gasteiger partial charge in [0.25, 0.3) is 0 Å². The minimum Gasteiger partial charge on any atom is -0.317 e. The van der Waals surface area contributed by atoms with E-state index in [0.717, 1.165) is 22.0 Å². The number of halogens is 2. The van der Waals surface area contributed by atoms with Crippen molar-refractivity contribution < 1.29 is 12.8 Å². The molecule has 27 heavy (non-hydrogen) atoms. The molecule has 2 heterocycles. The maximum absolute atomic E-state index is 13.4. The Balaban J connectivity index is 1.69. The summed E-state index contributed by atoms with van der Waals surface area (Å²) >= 11 is 7.74. The number of aliphatic imine (C=N–C) groups is 1. The zero-order valence-electron chi connectivity index (χ0n) is 14.6. The fraction of sp³-hybridized carbons (Fsp3) is 0.316. The number of benzene rings is 2. The van der Waals surface area contributed by atoms with Gasteiger partial charge in [-0.1, -0.05) is 41.6 Å². The number of rotatable bonds is 3. The molecule has 2 atom stereocenters. The zero-order valence-corrected chi connectivity index (χ0v) is 17.0. The first-order valence-corrected chi connectivity index (χ1v) is 11.6. The maximum Gasteiger partial charge on any atom is 0.164 e. The van der Waals surface area contributed by atoms with Gasteiger partial charge in [-0.15, -0.1) is 0 Å². The standard InChI is InChI=1S/C19H18ClFN2O2S2/c1-12-3-2-4-15(7-12)23(9-13-5-6-14(21)8-16(13)20)19-22-17-10-27(24,25)11-18(17)26-19/h2-8,17-18H,9-11H2,1H3. The van der Waals surface area contributed by atoms with E-state index in [-0.39, 0.29) is 28.6 Å². The molecule has 4 nitrogen and oxygen atoms in total. The zero-order chi connectivity index (χ0) is 19.2. The van der Waals surface area contributed by atoms with Gasteiger partial charge in [-0.2, -0.15) is 0 Å². The number of aryl methyl sites for hydroxylation is 1. The summed E-state index contributed by atoms with van der Waals surface area (Å²) in [7, 11) is -3.01. The van der Waals surface area contributed by atoms with E-state index >= 15 is 0 Å². The molecule has 0 radical (unpaired) electrons. The van der Waals surface area contributed by atoms with Crippen molar-refractivity contribution in [1.82, 2.24) is 0 Å². The third-order valence-corrected chi connectivity index (χ3v) is 8.29. The Kier molecular flexibility index (Phi) is 4.94. The number of nitrogens with zero attached hydrogens (tertiary/aromatic N) is 2. The molecule has 2 aliphatic rings. The quantitative estimate of drug-likeness (QED) is 0.745. The van der Waals surface area contributed by atoms with Crippen LogP contribution < -0.4 is 4.90 Å². The molecule has 2 aromatic rings. The Morgan fingerprint density at radius 3 is 2.78 bits per heavy atom. The summed E-state index contributed by atoms with van der Waals surface area (Å²) in [6.45, 7) is 2.44. The van der Waals surface area contributed by atoms with Crippen LogP contribution in [0.2, 0.25) is 5.02 Å². The minimum atomic E-state index is -3.01. The lowest BCUT2D eigenvalue weighted by atomic mass is 10.1. The number of amidine groups is 1. The summed E-state index contributed by atoms with van der Waals surface area (Å²) in [5.41, 5.74) is 2.84. The highest BCUT2D eigenvalue weighted by Crippen LogP contribution is 2.38. The van der Waals surface area contributed by atoms with E-state index in [1.54, 1.807) is 6.07 Å². The smallest absolute Gasteiger partial charge is 0.164 e. The molecule has 0 spiro atoms. The summed E-state index contributed by atoms with van der Waals surface area (Å²) < 4.78 is 37.1. The van der Waals surface area contributed by atoms with Crippen LogP contribution >= 0.6 is 23.4 Å². The van der Waals surface area contributed by atoms with Gasteiger partial charge >= 0.3 is 0 Å². The monoisotopic (exact) mass is 424 g/mol. The molecule has 1 saturated heterocycles. The third-order valence-electron chi connectivity index (χ3n) is 4.69. The van der Waals surface area contributed by atoms with Crippen LogP contribution in [0.25, 0.3) is 0 Å². The van der Waals surface area contributed by atoms with Crippen LogP contribution in [0, 0.1) is 12.7 Å². The van der Waals surface area contributed by atoms with Crippen LogP contribution in [0.4, 0.5) is 10.1 Å². The van der Waals surface area contributed by atoms with Crippen molar-refractivity contribution >= 4 is 44.1 Å². The first-order valence-electron chi connectivity index (χ1n) is 8.54. The normalized spacial score (nSPS) is 23.1. The maximum atomic E-state index is 13.4. The van der Waals surface area contributed by atoms with Crippen LogP contribution in [0.3, 0.4) is 0 Å². The number of sulfone groups is 1. The van der Waals surface area contributed by atoms with E-state index in [1.807, 2.05) is 36.1 Å². The van der Waals surface area contributed by atoms with E-state index in [9.17, 15) is 12.8 Å². The largest absolute Gasteiger partial charge is 0.317 e. The van der Waals surface area contributed by atoms with Crippen LogP contribution in [-0.4, -0.2) is 36.4 Å². The highest BCUT2D eigenvalue weighted by molar-refractivity contribution is 8.15. The molecule has 8 heteroatoms. The molecule has 0 bridgehead atoms. The summed E-state index contributed by atoms with van der Waals surface area (Å²) in [5, 5.41) is 1.10. The molecule has 2 aliphatic heterocycles. The van der Waals surface area contributed by atoms with Crippen LogP contribution in [0.5, 0.6) is 0 Å². The molecular weight excluding hydrogens is 407 g/mol.